The highest BCUT2D eigenvalue weighted by Crippen LogP contribution is 2.30. The van der Waals surface area contributed by atoms with Crippen LogP contribution in [-0.4, -0.2) is 46.9 Å². The number of rotatable bonds is 8. The van der Waals surface area contributed by atoms with Gasteiger partial charge in [-0.25, -0.2) is 0 Å². The summed E-state index contributed by atoms with van der Waals surface area (Å²) >= 11 is 0. The molecule has 2 aromatic carbocycles. The first-order chi connectivity index (χ1) is 13.6. The van der Waals surface area contributed by atoms with E-state index in [0.29, 0.717) is 23.9 Å². The van der Waals surface area contributed by atoms with Crippen LogP contribution in [0.3, 0.4) is 0 Å². The van der Waals surface area contributed by atoms with Crippen molar-refractivity contribution in [2.75, 3.05) is 20.8 Å². The van der Waals surface area contributed by atoms with Gasteiger partial charge in [0, 0.05) is 12.1 Å². The molecular weight excluding hydrogens is 358 g/mol. The van der Waals surface area contributed by atoms with Crippen LogP contribution in [0.4, 0.5) is 0 Å². The number of hydrogen-bond donors (Lipinski definition) is 1. The summed E-state index contributed by atoms with van der Waals surface area (Å²) in [6.45, 7) is 2.63. The van der Waals surface area contributed by atoms with Crippen LogP contribution in [0.15, 0.2) is 42.5 Å². The van der Waals surface area contributed by atoms with E-state index >= 15 is 0 Å². The van der Waals surface area contributed by atoms with Crippen molar-refractivity contribution in [2.45, 2.75) is 19.9 Å². The maximum Gasteiger partial charge on any atom is 0.243 e. The minimum atomic E-state index is -0.162. The van der Waals surface area contributed by atoms with E-state index in [9.17, 15) is 4.79 Å². The molecule has 146 valence electrons. The minimum Gasteiger partial charge on any atom is -0.493 e. The second-order valence-corrected chi connectivity index (χ2v) is 6.24. The Hall–Kier alpha value is -3.42. The Bertz CT molecular complexity index is 955. The maximum atomic E-state index is 12.1. The van der Waals surface area contributed by atoms with Crippen LogP contribution in [0.1, 0.15) is 11.1 Å². The third-order valence-corrected chi connectivity index (χ3v) is 4.36. The van der Waals surface area contributed by atoms with Crippen LogP contribution in [0, 0.1) is 6.92 Å². The molecule has 0 saturated heterocycles. The highest BCUT2D eigenvalue weighted by molar-refractivity contribution is 5.75. The number of amides is 1. The zero-order chi connectivity index (χ0) is 19.9. The van der Waals surface area contributed by atoms with Gasteiger partial charge in [-0.3, -0.25) is 4.79 Å². The summed E-state index contributed by atoms with van der Waals surface area (Å²) in [6.07, 6.45) is 0.778. The monoisotopic (exact) mass is 381 g/mol. The lowest BCUT2D eigenvalue weighted by Crippen LogP contribution is -2.30. The van der Waals surface area contributed by atoms with E-state index in [4.69, 9.17) is 9.47 Å². The highest BCUT2D eigenvalue weighted by Gasteiger charge is 2.12. The molecule has 1 N–H and O–H groups in total. The molecule has 8 heteroatoms. The number of nitrogens with zero attached hydrogens (tertiary/aromatic N) is 4. The first kappa shape index (κ1) is 19.3. The number of carbonyl (C=O) groups excluding carboxylic acids is 1. The molecule has 1 heterocycles. The third kappa shape index (κ3) is 4.64. The summed E-state index contributed by atoms with van der Waals surface area (Å²) in [5.41, 5.74) is 3.16. The lowest BCUT2D eigenvalue weighted by atomic mass is 10.1. The van der Waals surface area contributed by atoms with Crippen LogP contribution in [0.25, 0.3) is 11.4 Å². The van der Waals surface area contributed by atoms with Crippen molar-refractivity contribution in [2.24, 2.45) is 0 Å². The molecule has 0 radical (unpaired) electrons. The van der Waals surface area contributed by atoms with Crippen LogP contribution in [0.5, 0.6) is 11.5 Å². The minimum absolute atomic E-state index is 0.00800. The first-order valence-electron chi connectivity index (χ1n) is 8.92. The van der Waals surface area contributed by atoms with E-state index < -0.39 is 0 Å². The van der Waals surface area contributed by atoms with Gasteiger partial charge in [-0.1, -0.05) is 24.3 Å². The van der Waals surface area contributed by atoms with E-state index in [1.165, 1.54) is 15.9 Å². The summed E-state index contributed by atoms with van der Waals surface area (Å²) < 4.78 is 10.5. The fraction of sp³-hybridized carbons (Fsp3) is 0.300. The largest absolute Gasteiger partial charge is 0.493 e. The van der Waals surface area contributed by atoms with E-state index in [0.717, 1.165) is 12.0 Å². The molecule has 0 saturated carbocycles. The SMILES string of the molecule is COc1ccc(-c2nnn(CC(=O)NCCc3ccccc3C)n2)cc1OC. The number of benzene rings is 2. The predicted molar refractivity (Wildman–Crippen MR) is 104 cm³/mol. The molecule has 28 heavy (non-hydrogen) atoms. The summed E-state index contributed by atoms with van der Waals surface area (Å²) in [7, 11) is 3.14. The molecular formula is C20H23N5O3. The van der Waals surface area contributed by atoms with E-state index in [1.807, 2.05) is 18.2 Å². The Morgan fingerprint density at radius 2 is 1.89 bits per heavy atom. The number of aromatic nitrogens is 4. The zero-order valence-electron chi connectivity index (χ0n) is 16.2. The maximum absolute atomic E-state index is 12.1. The molecule has 0 bridgehead atoms. The summed E-state index contributed by atoms with van der Waals surface area (Å²) in [5.74, 6) is 1.44. The molecule has 3 aromatic rings. The number of nitrogens with one attached hydrogen (secondary N) is 1. The van der Waals surface area contributed by atoms with Crippen LogP contribution in [-0.2, 0) is 17.8 Å². The molecule has 0 unspecified atom stereocenters. The van der Waals surface area contributed by atoms with Gasteiger partial charge >= 0.3 is 0 Å². The average Bonchev–Trinajstić information content (AvgIpc) is 3.17. The van der Waals surface area contributed by atoms with Crippen molar-refractivity contribution in [1.82, 2.24) is 25.5 Å². The van der Waals surface area contributed by atoms with Gasteiger partial charge in [0.05, 0.1) is 14.2 Å². The van der Waals surface area contributed by atoms with Gasteiger partial charge in [-0.2, -0.15) is 4.80 Å². The smallest absolute Gasteiger partial charge is 0.243 e. The van der Waals surface area contributed by atoms with Crippen molar-refractivity contribution in [3.05, 3.63) is 53.6 Å². The van der Waals surface area contributed by atoms with Gasteiger partial charge in [-0.05, 0) is 47.9 Å². The van der Waals surface area contributed by atoms with Crippen molar-refractivity contribution >= 4 is 5.91 Å². The zero-order valence-corrected chi connectivity index (χ0v) is 16.2. The number of methoxy groups -OCH3 is 2. The van der Waals surface area contributed by atoms with E-state index in [1.54, 1.807) is 26.4 Å². The molecule has 8 nitrogen and oxygen atoms in total. The standard InChI is InChI=1S/C20H23N5O3/c1-14-6-4-5-7-15(14)10-11-21-19(26)13-25-23-20(22-24-25)16-8-9-17(27-2)18(12-16)28-3/h4-9,12H,10-11,13H2,1-3H3,(H,21,26). The summed E-state index contributed by atoms with van der Waals surface area (Å²) in [4.78, 5) is 13.4. The van der Waals surface area contributed by atoms with Gasteiger partial charge in [0.2, 0.25) is 11.7 Å². The van der Waals surface area contributed by atoms with Gasteiger partial charge < -0.3 is 14.8 Å². The Labute approximate surface area is 163 Å². The Kier molecular flexibility index (Phi) is 6.21. The average molecular weight is 381 g/mol. The van der Waals surface area contributed by atoms with E-state index in [2.05, 4.69) is 39.8 Å². The fourth-order valence-corrected chi connectivity index (χ4v) is 2.81. The van der Waals surface area contributed by atoms with E-state index in [-0.39, 0.29) is 12.5 Å². The molecule has 0 aliphatic heterocycles. The Balaban J connectivity index is 1.57. The molecule has 0 atom stereocenters. The quantitative estimate of drug-likeness (QED) is 0.642. The fourth-order valence-electron chi connectivity index (χ4n) is 2.81. The number of ether oxygens (including phenoxy) is 2. The van der Waals surface area contributed by atoms with Gasteiger partial charge in [0.25, 0.3) is 0 Å². The lowest BCUT2D eigenvalue weighted by molar-refractivity contribution is -0.122. The molecule has 3 rings (SSSR count). The Morgan fingerprint density at radius 1 is 1.11 bits per heavy atom. The van der Waals surface area contributed by atoms with Crippen LogP contribution >= 0.6 is 0 Å². The second kappa shape index (κ2) is 8.98. The second-order valence-electron chi connectivity index (χ2n) is 6.24. The molecule has 0 spiro atoms. The lowest BCUT2D eigenvalue weighted by Gasteiger charge is -2.07. The third-order valence-electron chi connectivity index (χ3n) is 4.36. The van der Waals surface area contributed by atoms with Gasteiger partial charge in [0.1, 0.15) is 6.54 Å². The highest BCUT2D eigenvalue weighted by atomic mass is 16.5. The predicted octanol–water partition coefficient (Wildman–Crippen LogP) is 2.02. The number of tetrazole rings is 1. The number of aryl methyl sites for hydroxylation is 1. The normalized spacial score (nSPS) is 10.5. The summed E-state index contributed by atoms with van der Waals surface area (Å²) in [6, 6.07) is 13.5. The molecule has 1 amide bonds. The number of hydrogen-bond acceptors (Lipinski definition) is 6. The molecule has 0 aliphatic rings. The van der Waals surface area contributed by atoms with Crippen molar-refractivity contribution in [3.63, 3.8) is 0 Å². The molecule has 1 aromatic heterocycles. The topological polar surface area (TPSA) is 91.2 Å². The van der Waals surface area contributed by atoms with Crippen molar-refractivity contribution in [3.8, 4) is 22.9 Å². The van der Waals surface area contributed by atoms with Gasteiger partial charge in [0.15, 0.2) is 11.5 Å². The first-order valence-corrected chi connectivity index (χ1v) is 8.92. The summed E-state index contributed by atoms with van der Waals surface area (Å²) in [5, 5.41) is 15.1. The molecule has 0 fully saturated rings. The molecule has 0 aliphatic carbocycles. The van der Waals surface area contributed by atoms with Crippen molar-refractivity contribution in [1.29, 1.82) is 0 Å². The van der Waals surface area contributed by atoms with Crippen LogP contribution < -0.4 is 14.8 Å². The Morgan fingerprint density at radius 3 is 2.64 bits per heavy atom. The van der Waals surface area contributed by atoms with Crippen LogP contribution in [0.2, 0.25) is 0 Å². The van der Waals surface area contributed by atoms with Gasteiger partial charge in [-0.15, -0.1) is 10.2 Å². The number of carbonyl (C=O) groups is 1. The van der Waals surface area contributed by atoms with Crippen molar-refractivity contribution < 1.29 is 14.3 Å².